The molecule has 0 heterocycles. The molecule has 0 amide bonds. The summed E-state index contributed by atoms with van der Waals surface area (Å²) in [6, 6.07) is 0. The van der Waals surface area contributed by atoms with Gasteiger partial charge in [-0.25, -0.2) is 0 Å². The van der Waals surface area contributed by atoms with E-state index in [1.165, 1.54) is 19.3 Å². The molecule has 1 heteroatoms. The lowest BCUT2D eigenvalue weighted by atomic mass is 9.89. The van der Waals surface area contributed by atoms with Crippen LogP contribution in [0.5, 0.6) is 0 Å². The molecule has 0 radical (unpaired) electrons. The number of aliphatic hydroxyl groups excluding tert-OH is 1. The Hall–Kier alpha value is -0.0400. The molecule has 0 aliphatic heterocycles. The molecular formula is C10H22O. The first kappa shape index (κ1) is 11.0. The van der Waals surface area contributed by atoms with E-state index in [4.69, 9.17) is 5.11 Å². The van der Waals surface area contributed by atoms with Gasteiger partial charge in [0.25, 0.3) is 0 Å². The maximum absolute atomic E-state index is 9.08. The van der Waals surface area contributed by atoms with E-state index in [1.54, 1.807) is 0 Å². The predicted octanol–water partition coefficient (Wildman–Crippen LogP) is 2.97. The second-order valence-electron chi connectivity index (χ2n) is 3.63. The van der Waals surface area contributed by atoms with Crippen molar-refractivity contribution in [1.82, 2.24) is 0 Å². The lowest BCUT2D eigenvalue weighted by Crippen LogP contribution is -2.16. The highest BCUT2D eigenvalue weighted by molar-refractivity contribution is 4.67. The first-order valence-electron chi connectivity index (χ1n) is 4.88. The minimum atomic E-state index is 0.0127. The maximum Gasteiger partial charge on any atom is 0.0542 e. The van der Waals surface area contributed by atoms with Gasteiger partial charge in [-0.05, 0) is 18.8 Å². The number of aliphatic hydroxyl groups is 1. The smallest absolute Gasteiger partial charge is 0.0542 e. The summed E-state index contributed by atoms with van der Waals surface area (Å²) < 4.78 is 0. The van der Waals surface area contributed by atoms with Gasteiger partial charge in [0.2, 0.25) is 0 Å². The van der Waals surface area contributed by atoms with Crippen molar-refractivity contribution in [2.75, 3.05) is 0 Å². The number of hydrogen-bond acceptors (Lipinski definition) is 1. The molecule has 0 spiro atoms. The summed E-state index contributed by atoms with van der Waals surface area (Å²) in [6.07, 6.45) is 5.86. The topological polar surface area (TPSA) is 20.2 Å². The lowest BCUT2D eigenvalue weighted by Gasteiger charge is -2.21. The van der Waals surface area contributed by atoms with Crippen LogP contribution in [-0.4, -0.2) is 11.2 Å². The lowest BCUT2D eigenvalue weighted by molar-refractivity contribution is 0.106. The quantitative estimate of drug-likeness (QED) is 0.574. The molecule has 1 aliphatic rings. The fourth-order valence-electron chi connectivity index (χ4n) is 1.40. The van der Waals surface area contributed by atoms with Gasteiger partial charge in [0.05, 0.1) is 6.10 Å². The molecule has 1 aliphatic carbocycles. The van der Waals surface area contributed by atoms with Crippen LogP contribution in [0.3, 0.4) is 0 Å². The summed E-state index contributed by atoms with van der Waals surface area (Å²) in [5, 5.41) is 9.08. The standard InChI is InChI=1S/C7H14O.C3H8/c1-6-3-2-4-7(8)5-6;1-3-2/h6-8H,2-5H2,1H3;3H2,1-2H3/t6?,7-;/m0./s1. The average Bonchev–Trinajstić information content (AvgIpc) is 1.88. The average molecular weight is 158 g/mol. The fraction of sp³-hybridized carbons (Fsp3) is 1.00. The Balaban J connectivity index is 0.000000292. The normalized spacial score (nSPS) is 30.5. The Morgan fingerprint density at radius 3 is 2.09 bits per heavy atom. The van der Waals surface area contributed by atoms with Gasteiger partial charge in [-0.3, -0.25) is 0 Å². The largest absolute Gasteiger partial charge is 0.393 e. The molecule has 11 heavy (non-hydrogen) atoms. The molecule has 0 bridgehead atoms. The van der Waals surface area contributed by atoms with Gasteiger partial charge in [-0.15, -0.1) is 0 Å². The summed E-state index contributed by atoms with van der Waals surface area (Å²) in [5.74, 6) is 0.763. The fourth-order valence-corrected chi connectivity index (χ4v) is 1.40. The van der Waals surface area contributed by atoms with E-state index in [0.29, 0.717) is 0 Å². The van der Waals surface area contributed by atoms with Gasteiger partial charge >= 0.3 is 0 Å². The zero-order valence-electron chi connectivity index (χ0n) is 8.14. The summed E-state index contributed by atoms with van der Waals surface area (Å²) in [4.78, 5) is 0. The summed E-state index contributed by atoms with van der Waals surface area (Å²) in [5.41, 5.74) is 0. The zero-order chi connectivity index (χ0) is 8.69. The Labute approximate surface area is 70.8 Å². The van der Waals surface area contributed by atoms with Crippen molar-refractivity contribution >= 4 is 0 Å². The van der Waals surface area contributed by atoms with E-state index in [9.17, 15) is 0 Å². The van der Waals surface area contributed by atoms with Crippen LogP contribution in [0.2, 0.25) is 0 Å². The summed E-state index contributed by atoms with van der Waals surface area (Å²) >= 11 is 0. The first-order chi connectivity index (χ1) is 5.20. The van der Waals surface area contributed by atoms with Crippen LogP contribution in [0.1, 0.15) is 52.9 Å². The Morgan fingerprint density at radius 1 is 1.27 bits per heavy atom. The second-order valence-corrected chi connectivity index (χ2v) is 3.63. The van der Waals surface area contributed by atoms with E-state index in [1.807, 2.05) is 0 Å². The molecule has 1 fully saturated rings. The van der Waals surface area contributed by atoms with Crippen LogP contribution in [0.4, 0.5) is 0 Å². The van der Waals surface area contributed by atoms with Gasteiger partial charge in [0, 0.05) is 0 Å². The summed E-state index contributed by atoms with van der Waals surface area (Å²) in [6.45, 7) is 6.46. The molecule has 0 aromatic heterocycles. The van der Waals surface area contributed by atoms with Crippen LogP contribution in [0, 0.1) is 5.92 Å². The van der Waals surface area contributed by atoms with Crippen molar-refractivity contribution in [2.45, 2.75) is 59.0 Å². The SMILES string of the molecule is CC1CCC[C@H](O)C1.CCC. The summed E-state index contributed by atoms with van der Waals surface area (Å²) in [7, 11) is 0. The molecule has 1 unspecified atom stereocenters. The Morgan fingerprint density at radius 2 is 1.82 bits per heavy atom. The van der Waals surface area contributed by atoms with Crippen LogP contribution in [0.15, 0.2) is 0 Å². The Kier molecular flexibility index (Phi) is 6.63. The van der Waals surface area contributed by atoms with Crippen molar-refractivity contribution in [3.8, 4) is 0 Å². The number of hydrogen-bond donors (Lipinski definition) is 1. The van der Waals surface area contributed by atoms with Crippen LogP contribution >= 0.6 is 0 Å². The highest BCUT2D eigenvalue weighted by Gasteiger charge is 2.15. The van der Waals surface area contributed by atoms with Crippen molar-refractivity contribution < 1.29 is 5.11 Å². The van der Waals surface area contributed by atoms with Crippen LogP contribution in [0.25, 0.3) is 0 Å². The van der Waals surface area contributed by atoms with Crippen molar-refractivity contribution in [3.05, 3.63) is 0 Å². The highest BCUT2D eigenvalue weighted by Crippen LogP contribution is 2.22. The molecule has 1 nitrogen and oxygen atoms in total. The molecule has 2 atom stereocenters. The van der Waals surface area contributed by atoms with Crippen LogP contribution in [-0.2, 0) is 0 Å². The monoisotopic (exact) mass is 158 g/mol. The maximum atomic E-state index is 9.08. The molecule has 0 aromatic carbocycles. The zero-order valence-corrected chi connectivity index (χ0v) is 8.14. The van der Waals surface area contributed by atoms with E-state index < -0.39 is 0 Å². The molecule has 0 aromatic rings. The van der Waals surface area contributed by atoms with Crippen molar-refractivity contribution in [1.29, 1.82) is 0 Å². The highest BCUT2D eigenvalue weighted by atomic mass is 16.3. The van der Waals surface area contributed by atoms with Gasteiger partial charge < -0.3 is 5.11 Å². The number of rotatable bonds is 0. The second kappa shape index (κ2) is 6.66. The molecular weight excluding hydrogens is 136 g/mol. The third-order valence-electron chi connectivity index (χ3n) is 1.91. The van der Waals surface area contributed by atoms with Crippen molar-refractivity contribution in [2.24, 2.45) is 5.92 Å². The van der Waals surface area contributed by atoms with Crippen LogP contribution < -0.4 is 0 Å². The van der Waals surface area contributed by atoms with Gasteiger partial charge in [-0.1, -0.05) is 40.0 Å². The first-order valence-corrected chi connectivity index (χ1v) is 4.88. The molecule has 1 saturated carbocycles. The molecule has 1 rings (SSSR count). The van der Waals surface area contributed by atoms with Gasteiger partial charge in [0.1, 0.15) is 0 Å². The van der Waals surface area contributed by atoms with Gasteiger partial charge in [0.15, 0.2) is 0 Å². The van der Waals surface area contributed by atoms with E-state index in [0.717, 1.165) is 18.8 Å². The van der Waals surface area contributed by atoms with E-state index >= 15 is 0 Å². The van der Waals surface area contributed by atoms with E-state index in [-0.39, 0.29) is 6.10 Å². The minimum Gasteiger partial charge on any atom is -0.393 e. The predicted molar refractivity (Wildman–Crippen MR) is 49.6 cm³/mol. The third kappa shape index (κ3) is 6.36. The Bertz CT molecular complexity index is 72.9. The third-order valence-corrected chi connectivity index (χ3v) is 1.91. The molecule has 0 saturated heterocycles. The van der Waals surface area contributed by atoms with Crippen molar-refractivity contribution in [3.63, 3.8) is 0 Å². The minimum absolute atomic E-state index is 0.0127. The molecule has 68 valence electrons. The molecule has 1 N–H and O–H groups in total. The van der Waals surface area contributed by atoms with E-state index in [2.05, 4.69) is 20.8 Å². The van der Waals surface area contributed by atoms with Gasteiger partial charge in [-0.2, -0.15) is 0 Å².